The third-order valence-electron chi connectivity index (χ3n) is 15.0. The van der Waals surface area contributed by atoms with E-state index in [0.29, 0.717) is 0 Å². The van der Waals surface area contributed by atoms with E-state index in [1.165, 1.54) is 385 Å². The molecule has 0 heterocycles. The highest BCUT2D eigenvalue weighted by Crippen LogP contribution is 2.20. The van der Waals surface area contributed by atoms with Crippen molar-refractivity contribution in [3.8, 4) is 0 Å². The van der Waals surface area contributed by atoms with E-state index in [1.54, 1.807) is 0 Å². The lowest BCUT2D eigenvalue weighted by atomic mass is 10.0. The molecule has 1 heteroatoms. The summed E-state index contributed by atoms with van der Waals surface area (Å²) in [4.78, 5) is 0. The van der Waals surface area contributed by atoms with Crippen LogP contribution >= 0.6 is 0 Å². The second kappa shape index (κ2) is 58.0. The predicted molar refractivity (Wildman–Crippen MR) is 281 cm³/mol. The molecule has 2 N–H and O–H groups in total. The molecule has 61 heavy (non-hydrogen) atoms. The average Bonchev–Trinajstić information content (AvgIpc) is 3.41. The van der Waals surface area contributed by atoms with Crippen LogP contribution in [-0.4, -0.2) is 5.48 Å². The summed E-state index contributed by atoms with van der Waals surface area (Å²) >= 11 is 0. The van der Waals surface area contributed by atoms with Gasteiger partial charge in [-0.2, -0.15) is 0 Å². The van der Waals surface area contributed by atoms with Crippen molar-refractivity contribution in [1.82, 2.24) is 0 Å². The lowest BCUT2D eigenvalue weighted by Gasteiger charge is -2.05. The van der Waals surface area contributed by atoms with Crippen LogP contribution in [0, 0.1) is 0 Å². The van der Waals surface area contributed by atoms with Crippen molar-refractivity contribution >= 4 is 0 Å². The summed E-state index contributed by atoms with van der Waals surface area (Å²) in [5.41, 5.74) is 0. The summed E-state index contributed by atoms with van der Waals surface area (Å²) in [5.74, 6) is 0. The first-order chi connectivity index (χ1) is 30.0. The zero-order chi connectivity index (χ0) is 42.4. The molecule has 10 saturated carbocycles. The molecule has 10 aliphatic carbocycles. The molecule has 0 aromatic rings. The molecule has 10 fully saturated rings. The molecule has 0 saturated heterocycles. The Morgan fingerprint density at radius 3 is 0.0820 bits per heavy atom. The van der Waals surface area contributed by atoms with Gasteiger partial charge < -0.3 is 5.48 Å². The molecular weight excluding hydrogens is 737 g/mol. The van der Waals surface area contributed by atoms with E-state index in [1.807, 2.05) is 0 Å². The van der Waals surface area contributed by atoms with E-state index in [2.05, 4.69) is 0 Å². The maximum atomic E-state index is 1.50. The molecule has 10 rings (SSSR count). The fourth-order valence-corrected chi connectivity index (χ4v) is 10.6. The topological polar surface area (TPSA) is 31.5 Å². The minimum Gasteiger partial charge on any atom is -0.412 e. The molecular formula is C60H122O. The maximum Gasteiger partial charge on any atom is -0.0533 e. The largest absolute Gasteiger partial charge is 0.412 e. The summed E-state index contributed by atoms with van der Waals surface area (Å²) < 4.78 is 0. The van der Waals surface area contributed by atoms with Crippen LogP contribution in [-0.2, 0) is 0 Å². The monoisotopic (exact) mass is 859 g/mol. The van der Waals surface area contributed by atoms with E-state index < -0.39 is 0 Å². The zero-order valence-electron chi connectivity index (χ0n) is 42.9. The summed E-state index contributed by atoms with van der Waals surface area (Å²) in [6, 6.07) is 0. The quantitative estimate of drug-likeness (QED) is 0.232. The van der Waals surface area contributed by atoms with Crippen LogP contribution in [0.4, 0.5) is 0 Å². The second-order valence-electron chi connectivity index (χ2n) is 21.2. The molecule has 0 radical (unpaired) electrons. The van der Waals surface area contributed by atoms with E-state index in [9.17, 15) is 0 Å². The molecule has 368 valence electrons. The van der Waals surface area contributed by atoms with E-state index in [4.69, 9.17) is 0 Å². The minimum atomic E-state index is 0. The van der Waals surface area contributed by atoms with Gasteiger partial charge in [-0.05, 0) is 0 Å². The summed E-state index contributed by atoms with van der Waals surface area (Å²) in [7, 11) is 0. The van der Waals surface area contributed by atoms with Crippen molar-refractivity contribution in [1.29, 1.82) is 0 Å². The van der Waals surface area contributed by atoms with Gasteiger partial charge in [0.25, 0.3) is 0 Å². The predicted octanol–water partition coefficient (Wildman–Crippen LogP) is 22.6. The Kier molecular flexibility index (Phi) is 57.9. The Labute approximate surface area is 389 Å². The van der Waals surface area contributed by atoms with Crippen LogP contribution in [0.25, 0.3) is 0 Å². The lowest BCUT2D eigenvalue weighted by Crippen LogP contribution is -1.85. The van der Waals surface area contributed by atoms with E-state index in [0.717, 1.165) is 0 Å². The van der Waals surface area contributed by atoms with Crippen LogP contribution < -0.4 is 0 Å². The van der Waals surface area contributed by atoms with Crippen molar-refractivity contribution in [2.45, 2.75) is 385 Å². The first kappa shape index (κ1) is 61.0. The van der Waals surface area contributed by atoms with Gasteiger partial charge in [0.2, 0.25) is 0 Å². The molecule has 1 nitrogen and oxygen atoms in total. The Morgan fingerprint density at radius 1 is 0.0492 bits per heavy atom. The third kappa shape index (κ3) is 56.0. The lowest BCUT2D eigenvalue weighted by molar-refractivity contribution is 0.504. The fraction of sp³-hybridized carbons (Fsp3) is 1.00. The Balaban J connectivity index is 0.000000655. The Bertz CT molecular complexity index is 362. The average molecular weight is 860 g/mol. The number of rotatable bonds is 0. The Morgan fingerprint density at radius 2 is 0.0656 bits per heavy atom. The second-order valence-corrected chi connectivity index (χ2v) is 21.2. The molecule has 0 unspecified atom stereocenters. The molecule has 0 bridgehead atoms. The van der Waals surface area contributed by atoms with Gasteiger partial charge in [0.1, 0.15) is 0 Å². The van der Waals surface area contributed by atoms with Crippen LogP contribution in [0.15, 0.2) is 0 Å². The van der Waals surface area contributed by atoms with Gasteiger partial charge in [0.15, 0.2) is 0 Å². The minimum absolute atomic E-state index is 0. The van der Waals surface area contributed by atoms with Gasteiger partial charge >= 0.3 is 0 Å². The van der Waals surface area contributed by atoms with Crippen LogP contribution in [0.3, 0.4) is 0 Å². The van der Waals surface area contributed by atoms with Crippen molar-refractivity contribution in [3.63, 3.8) is 0 Å². The van der Waals surface area contributed by atoms with Gasteiger partial charge in [-0.1, -0.05) is 385 Å². The van der Waals surface area contributed by atoms with Crippen molar-refractivity contribution in [2.75, 3.05) is 0 Å². The molecule has 0 aliphatic heterocycles. The molecule has 0 spiro atoms. The van der Waals surface area contributed by atoms with Gasteiger partial charge in [0.05, 0.1) is 0 Å². The molecule has 10 aliphatic rings. The van der Waals surface area contributed by atoms with Gasteiger partial charge in [0, 0.05) is 0 Å². The smallest absolute Gasteiger partial charge is 0.0533 e. The van der Waals surface area contributed by atoms with Crippen molar-refractivity contribution < 1.29 is 5.48 Å². The number of hydrogen-bond acceptors (Lipinski definition) is 0. The first-order valence-corrected chi connectivity index (χ1v) is 30.0. The number of hydrogen-bond donors (Lipinski definition) is 0. The summed E-state index contributed by atoms with van der Waals surface area (Å²) in [6.07, 6.45) is 90.0. The molecule has 0 atom stereocenters. The van der Waals surface area contributed by atoms with Crippen LogP contribution in [0.2, 0.25) is 0 Å². The summed E-state index contributed by atoms with van der Waals surface area (Å²) in [6.45, 7) is 0. The zero-order valence-corrected chi connectivity index (χ0v) is 42.9. The SMILES string of the molecule is C1CCCCC1.C1CCCCC1.C1CCCCC1.C1CCCCC1.C1CCCCC1.C1CCCCC1.C1CCCCC1.C1CCCCC1.C1CCCCC1.C1CCCCC1.O. The molecule has 0 aromatic heterocycles. The highest BCUT2D eigenvalue weighted by atomic mass is 16.0. The molecule has 0 amide bonds. The van der Waals surface area contributed by atoms with E-state index in [-0.39, 0.29) is 5.48 Å². The maximum absolute atomic E-state index is 1.50. The van der Waals surface area contributed by atoms with Gasteiger partial charge in [-0.25, -0.2) is 0 Å². The fourth-order valence-electron chi connectivity index (χ4n) is 10.6. The van der Waals surface area contributed by atoms with Crippen molar-refractivity contribution in [3.05, 3.63) is 0 Å². The first-order valence-electron chi connectivity index (χ1n) is 30.0. The van der Waals surface area contributed by atoms with Gasteiger partial charge in [-0.3, -0.25) is 0 Å². The highest BCUT2D eigenvalue weighted by molar-refractivity contribution is 4.56. The summed E-state index contributed by atoms with van der Waals surface area (Å²) in [5, 5.41) is 0. The standard InChI is InChI=1S/10C6H12.H2O/c10*1-2-4-6-5-3-1;/h10*1-6H2;1H2. The van der Waals surface area contributed by atoms with Gasteiger partial charge in [-0.15, -0.1) is 0 Å². The highest BCUT2D eigenvalue weighted by Gasteiger charge is 2.00. The van der Waals surface area contributed by atoms with Crippen molar-refractivity contribution in [2.24, 2.45) is 0 Å². The third-order valence-corrected chi connectivity index (χ3v) is 15.0. The normalized spacial score (nSPS) is 23.6. The Hall–Kier alpha value is -0.0400. The van der Waals surface area contributed by atoms with Crippen LogP contribution in [0.5, 0.6) is 0 Å². The van der Waals surface area contributed by atoms with Crippen LogP contribution in [0.1, 0.15) is 385 Å². The van der Waals surface area contributed by atoms with E-state index >= 15 is 0 Å². The molecule has 0 aromatic carbocycles.